The van der Waals surface area contributed by atoms with Gasteiger partial charge in [0.2, 0.25) is 15.9 Å². The van der Waals surface area contributed by atoms with Gasteiger partial charge >= 0.3 is 0 Å². The number of nitrogens with one attached hydrogen (secondary N) is 1. The van der Waals surface area contributed by atoms with E-state index in [9.17, 15) is 13.2 Å². The monoisotopic (exact) mass is 366 g/mol. The third-order valence-electron chi connectivity index (χ3n) is 4.51. The van der Waals surface area contributed by atoms with E-state index >= 15 is 0 Å². The number of hydrogen-bond acceptors (Lipinski definition) is 4. The maximum absolute atomic E-state index is 12.4. The predicted octanol–water partition coefficient (Wildman–Crippen LogP) is 1.83. The Kier molecular flexibility index (Phi) is 5.64. The van der Waals surface area contributed by atoms with Crippen LogP contribution in [0.5, 0.6) is 5.75 Å². The van der Waals surface area contributed by atoms with Gasteiger partial charge in [-0.05, 0) is 37.3 Å². The van der Waals surface area contributed by atoms with Crippen molar-refractivity contribution in [3.8, 4) is 5.75 Å². The molecule has 0 radical (unpaired) electrons. The molecule has 1 aliphatic carbocycles. The highest BCUT2D eigenvalue weighted by Crippen LogP contribution is 2.26. The van der Waals surface area contributed by atoms with Gasteiger partial charge in [0.15, 0.2) is 0 Å². The van der Waals surface area contributed by atoms with E-state index in [-0.39, 0.29) is 11.7 Å². The Hall–Kier alpha value is -1.60. The zero-order valence-corrected chi connectivity index (χ0v) is 15.5. The second-order valence-electron chi connectivity index (χ2n) is 6.78. The summed E-state index contributed by atoms with van der Waals surface area (Å²) in [5.74, 6) is 0.977. The largest absolute Gasteiger partial charge is 0.492 e. The van der Waals surface area contributed by atoms with Crippen LogP contribution in [0.1, 0.15) is 43.7 Å². The Morgan fingerprint density at radius 3 is 2.88 bits per heavy atom. The van der Waals surface area contributed by atoms with E-state index in [0.29, 0.717) is 45.0 Å². The van der Waals surface area contributed by atoms with Crippen molar-refractivity contribution in [2.75, 3.05) is 18.9 Å². The van der Waals surface area contributed by atoms with E-state index in [1.807, 2.05) is 25.1 Å². The van der Waals surface area contributed by atoms with Crippen molar-refractivity contribution < 1.29 is 17.9 Å². The fourth-order valence-electron chi connectivity index (χ4n) is 2.99. The number of sulfonamides is 1. The van der Waals surface area contributed by atoms with Crippen molar-refractivity contribution in [2.24, 2.45) is 0 Å². The zero-order chi connectivity index (χ0) is 17.9. The first-order chi connectivity index (χ1) is 12.0. The van der Waals surface area contributed by atoms with Crippen molar-refractivity contribution in [1.29, 1.82) is 0 Å². The molecule has 2 aliphatic rings. The third kappa shape index (κ3) is 4.95. The van der Waals surface area contributed by atoms with Crippen LogP contribution in [-0.2, 0) is 27.8 Å². The molecule has 1 saturated carbocycles. The molecule has 25 heavy (non-hydrogen) atoms. The Morgan fingerprint density at radius 1 is 1.36 bits per heavy atom. The molecule has 1 N–H and O–H groups in total. The molecule has 1 aromatic rings. The molecule has 1 aliphatic heterocycles. The van der Waals surface area contributed by atoms with Crippen molar-refractivity contribution >= 4 is 15.9 Å². The molecule has 6 nitrogen and oxygen atoms in total. The Balaban J connectivity index is 1.67. The van der Waals surface area contributed by atoms with Gasteiger partial charge in [0, 0.05) is 31.1 Å². The Morgan fingerprint density at radius 2 is 2.16 bits per heavy atom. The van der Waals surface area contributed by atoms with Crippen LogP contribution in [0.2, 0.25) is 0 Å². The van der Waals surface area contributed by atoms with Crippen molar-refractivity contribution in [3.63, 3.8) is 0 Å². The first kappa shape index (κ1) is 18.2. The molecular weight excluding hydrogens is 340 g/mol. The number of fused-ring (bicyclic) bond motifs is 1. The van der Waals surface area contributed by atoms with Crippen LogP contribution in [-0.4, -0.2) is 43.6 Å². The minimum Gasteiger partial charge on any atom is -0.492 e. The molecule has 1 aromatic carbocycles. The van der Waals surface area contributed by atoms with Crippen LogP contribution in [0.4, 0.5) is 0 Å². The van der Waals surface area contributed by atoms with Gasteiger partial charge in [-0.2, -0.15) is 4.31 Å². The molecular formula is C18H26N2O4S. The van der Waals surface area contributed by atoms with Crippen LogP contribution < -0.4 is 10.1 Å². The number of aryl methyl sites for hydroxylation is 1. The van der Waals surface area contributed by atoms with E-state index < -0.39 is 10.0 Å². The molecule has 7 heteroatoms. The number of rotatable bonds is 7. The standard InChI is InChI=1S/C18H26N2O4S/c1-2-11-25(22,23)20-9-10-24-17-7-3-14(12-15(17)13-20)4-8-18(21)19-16-5-6-16/h3,7,12,16H,2,4-6,8-11,13H2,1H3,(H,19,21). The summed E-state index contributed by atoms with van der Waals surface area (Å²) >= 11 is 0. The van der Waals surface area contributed by atoms with E-state index in [1.165, 1.54) is 4.31 Å². The summed E-state index contributed by atoms with van der Waals surface area (Å²) in [6.07, 6.45) is 3.87. The number of ether oxygens (including phenoxy) is 1. The van der Waals surface area contributed by atoms with E-state index in [0.717, 1.165) is 29.7 Å². The average molecular weight is 366 g/mol. The summed E-state index contributed by atoms with van der Waals surface area (Å²) in [5.41, 5.74) is 1.90. The first-order valence-electron chi connectivity index (χ1n) is 8.99. The molecule has 1 amide bonds. The summed E-state index contributed by atoms with van der Waals surface area (Å²) in [6, 6.07) is 6.20. The van der Waals surface area contributed by atoms with Crippen LogP contribution >= 0.6 is 0 Å². The molecule has 0 unspecified atom stereocenters. The summed E-state index contributed by atoms with van der Waals surface area (Å²) in [5, 5.41) is 2.99. The topological polar surface area (TPSA) is 75.7 Å². The van der Waals surface area contributed by atoms with E-state index in [4.69, 9.17) is 4.74 Å². The smallest absolute Gasteiger partial charge is 0.220 e. The molecule has 0 aromatic heterocycles. The maximum atomic E-state index is 12.4. The minimum absolute atomic E-state index is 0.0841. The van der Waals surface area contributed by atoms with Crippen molar-refractivity contribution in [2.45, 2.75) is 51.6 Å². The highest BCUT2D eigenvalue weighted by molar-refractivity contribution is 7.89. The van der Waals surface area contributed by atoms with Gasteiger partial charge in [0.1, 0.15) is 12.4 Å². The fraction of sp³-hybridized carbons (Fsp3) is 0.611. The maximum Gasteiger partial charge on any atom is 0.220 e. The summed E-state index contributed by atoms with van der Waals surface area (Å²) < 4.78 is 32.0. The highest BCUT2D eigenvalue weighted by atomic mass is 32.2. The molecule has 0 spiro atoms. The molecule has 0 bridgehead atoms. The van der Waals surface area contributed by atoms with Crippen molar-refractivity contribution in [1.82, 2.24) is 9.62 Å². The SMILES string of the molecule is CCCS(=O)(=O)N1CCOc2ccc(CCC(=O)NC3CC3)cc2C1. The number of carbonyl (C=O) groups is 1. The predicted molar refractivity (Wildman–Crippen MR) is 95.9 cm³/mol. The highest BCUT2D eigenvalue weighted by Gasteiger charge is 2.26. The van der Waals surface area contributed by atoms with Crippen LogP contribution in [0.15, 0.2) is 18.2 Å². The lowest BCUT2D eigenvalue weighted by Gasteiger charge is -2.19. The summed E-state index contributed by atoms with van der Waals surface area (Å²) in [6.45, 7) is 2.93. The minimum atomic E-state index is -3.26. The van der Waals surface area contributed by atoms with E-state index in [2.05, 4.69) is 5.32 Å². The van der Waals surface area contributed by atoms with Crippen molar-refractivity contribution in [3.05, 3.63) is 29.3 Å². The van der Waals surface area contributed by atoms with E-state index in [1.54, 1.807) is 0 Å². The molecule has 0 saturated heterocycles. The summed E-state index contributed by atoms with van der Waals surface area (Å²) in [7, 11) is -3.26. The van der Waals surface area contributed by atoms with Gasteiger partial charge in [-0.15, -0.1) is 0 Å². The van der Waals surface area contributed by atoms with Crippen LogP contribution in [0.3, 0.4) is 0 Å². The van der Waals surface area contributed by atoms with Crippen LogP contribution in [0, 0.1) is 0 Å². The lowest BCUT2D eigenvalue weighted by Crippen LogP contribution is -2.34. The summed E-state index contributed by atoms with van der Waals surface area (Å²) in [4.78, 5) is 11.8. The molecule has 1 fully saturated rings. The molecule has 0 atom stereocenters. The third-order valence-corrected chi connectivity index (χ3v) is 6.53. The fourth-order valence-corrected chi connectivity index (χ4v) is 4.45. The van der Waals surface area contributed by atoms with Gasteiger partial charge in [-0.1, -0.05) is 19.1 Å². The van der Waals surface area contributed by atoms with Crippen LogP contribution in [0.25, 0.3) is 0 Å². The Bertz CT molecular complexity index is 729. The zero-order valence-electron chi connectivity index (χ0n) is 14.7. The van der Waals surface area contributed by atoms with Gasteiger partial charge in [0.05, 0.1) is 5.75 Å². The second-order valence-corrected chi connectivity index (χ2v) is 8.87. The normalized spacial score (nSPS) is 18.1. The van der Waals surface area contributed by atoms with Gasteiger partial charge in [-0.25, -0.2) is 8.42 Å². The molecule has 1 heterocycles. The quantitative estimate of drug-likeness (QED) is 0.799. The average Bonchev–Trinajstić information content (AvgIpc) is 3.38. The number of hydrogen-bond donors (Lipinski definition) is 1. The number of carbonyl (C=O) groups excluding carboxylic acids is 1. The van der Waals surface area contributed by atoms with Gasteiger partial charge in [-0.3, -0.25) is 4.79 Å². The molecule has 3 rings (SSSR count). The number of nitrogens with zero attached hydrogens (tertiary/aromatic N) is 1. The molecule has 138 valence electrons. The second kappa shape index (κ2) is 7.74. The lowest BCUT2D eigenvalue weighted by molar-refractivity contribution is -0.121. The first-order valence-corrected chi connectivity index (χ1v) is 10.6. The number of amides is 1. The lowest BCUT2D eigenvalue weighted by atomic mass is 10.1. The Labute approximate surface area is 149 Å². The van der Waals surface area contributed by atoms with Gasteiger partial charge < -0.3 is 10.1 Å². The number of benzene rings is 1. The van der Waals surface area contributed by atoms with Gasteiger partial charge in [0.25, 0.3) is 0 Å².